The number of hydrogen-bond acceptors (Lipinski definition) is 3. The van der Waals surface area contributed by atoms with Crippen LogP contribution in [0.2, 0.25) is 0 Å². The van der Waals surface area contributed by atoms with Gasteiger partial charge in [-0.3, -0.25) is 4.90 Å². The molecule has 2 aliphatic rings. The van der Waals surface area contributed by atoms with E-state index in [0.717, 1.165) is 37.7 Å². The molecule has 0 N–H and O–H groups in total. The summed E-state index contributed by atoms with van der Waals surface area (Å²) in [5.74, 6) is 3.46. The standard InChI is InChI=1S/C19H25FN4/c1-23-18(21-22-19(23)16-4-5-16)13-24-10-8-15(9-11-24)12-14-2-6-17(20)7-3-14/h2-3,6-7,15-16H,4-5,8-13H2,1H3. The molecule has 5 heteroatoms. The minimum atomic E-state index is -0.150. The Kier molecular flexibility index (Phi) is 4.35. The quantitative estimate of drug-likeness (QED) is 0.844. The molecule has 1 aliphatic carbocycles. The Bertz CT molecular complexity index is 682. The monoisotopic (exact) mass is 328 g/mol. The van der Waals surface area contributed by atoms with Crippen LogP contribution in [0.25, 0.3) is 0 Å². The van der Waals surface area contributed by atoms with Gasteiger partial charge in [-0.2, -0.15) is 0 Å². The van der Waals surface area contributed by atoms with E-state index in [9.17, 15) is 4.39 Å². The Labute approximate surface area is 142 Å². The highest BCUT2D eigenvalue weighted by Gasteiger charge is 2.29. The van der Waals surface area contributed by atoms with Gasteiger partial charge in [0.2, 0.25) is 0 Å². The Morgan fingerprint density at radius 1 is 1.04 bits per heavy atom. The van der Waals surface area contributed by atoms with Crippen LogP contribution in [0, 0.1) is 11.7 Å². The minimum absolute atomic E-state index is 0.150. The molecule has 0 spiro atoms. The third kappa shape index (κ3) is 3.51. The molecular formula is C19H25FN4. The number of rotatable bonds is 5. The fourth-order valence-corrected chi connectivity index (χ4v) is 3.71. The first-order valence-corrected chi connectivity index (χ1v) is 9.04. The average molecular weight is 328 g/mol. The molecule has 128 valence electrons. The van der Waals surface area contributed by atoms with Gasteiger partial charge in [0.15, 0.2) is 0 Å². The molecule has 0 atom stereocenters. The van der Waals surface area contributed by atoms with Gasteiger partial charge in [-0.15, -0.1) is 10.2 Å². The van der Waals surface area contributed by atoms with Crippen LogP contribution in [0.4, 0.5) is 4.39 Å². The Balaban J connectivity index is 1.29. The van der Waals surface area contributed by atoms with Gasteiger partial charge in [-0.05, 0) is 68.8 Å². The Hall–Kier alpha value is -1.75. The summed E-state index contributed by atoms with van der Waals surface area (Å²) in [4.78, 5) is 2.49. The molecule has 2 fully saturated rings. The van der Waals surface area contributed by atoms with Crippen LogP contribution < -0.4 is 0 Å². The highest BCUT2D eigenvalue weighted by molar-refractivity contribution is 5.16. The smallest absolute Gasteiger partial charge is 0.146 e. The van der Waals surface area contributed by atoms with Crippen LogP contribution in [0.3, 0.4) is 0 Å². The van der Waals surface area contributed by atoms with E-state index >= 15 is 0 Å². The van der Waals surface area contributed by atoms with Gasteiger partial charge in [0, 0.05) is 13.0 Å². The lowest BCUT2D eigenvalue weighted by atomic mass is 9.90. The first-order valence-electron chi connectivity index (χ1n) is 9.04. The van der Waals surface area contributed by atoms with Crippen molar-refractivity contribution >= 4 is 0 Å². The predicted octanol–water partition coefficient (Wildman–Crippen LogP) is 3.29. The van der Waals surface area contributed by atoms with Crippen molar-refractivity contribution in [3.8, 4) is 0 Å². The van der Waals surface area contributed by atoms with E-state index in [2.05, 4.69) is 26.7 Å². The molecule has 0 unspecified atom stereocenters. The number of hydrogen-bond donors (Lipinski definition) is 0. The second-order valence-electron chi connectivity index (χ2n) is 7.36. The minimum Gasteiger partial charge on any atom is -0.317 e. The van der Waals surface area contributed by atoms with E-state index in [0.29, 0.717) is 11.8 Å². The molecule has 0 radical (unpaired) electrons. The van der Waals surface area contributed by atoms with E-state index < -0.39 is 0 Å². The number of halogens is 1. The molecule has 1 aliphatic heterocycles. The van der Waals surface area contributed by atoms with Gasteiger partial charge >= 0.3 is 0 Å². The highest BCUT2D eigenvalue weighted by atomic mass is 19.1. The van der Waals surface area contributed by atoms with E-state index in [1.165, 1.54) is 31.2 Å². The molecule has 2 aromatic rings. The molecular weight excluding hydrogens is 303 g/mol. The molecule has 24 heavy (non-hydrogen) atoms. The van der Waals surface area contributed by atoms with Crippen molar-refractivity contribution in [1.29, 1.82) is 0 Å². The van der Waals surface area contributed by atoms with Crippen molar-refractivity contribution in [2.45, 2.75) is 44.6 Å². The second-order valence-corrected chi connectivity index (χ2v) is 7.36. The lowest BCUT2D eigenvalue weighted by Gasteiger charge is -2.31. The Morgan fingerprint density at radius 2 is 1.75 bits per heavy atom. The molecule has 2 heterocycles. The normalized spacial score (nSPS) is 19.8. The van der Waals surface area contributed by atoms with Crippen LogP contribution in [-0.4, -0.2) is 32.8 Å². The number of piperidine rings is 1. The molecule has 1 saturated carbocycles. The molecule has 1 saturated heterocycles. The molecule has 1 aromatic heterocycles. The van der Waals surface area contributed by atoms with Crippen LogP contribution in [-0.2, 0) is 20.0 Å². The van der Waals surface area contributed by atoms with Gasteiger partial charge in [0.1, 0.15) is 17.5 Å². The first kappa shape index (κ1) is 15.8. The zero-order valence-electron chi connectivity index (χ0n) is 14.3. The van der Waals surface area contributed by atoms with Crippen molar-refractivity contribution in [1.82, 2.24) is 19.7 Å². The van der Waals surface area contributed by atoms with Crippen molar-refractivity contribution < 1.29 is 4.39 Å². The average Bonchev–Trinajstić information content (AvgIpc) is 3.37. The van der Waals surface area contributed by atoms with Crippen molar-refractivity contribution in [3.05, 3.63) is 47.3 Å². The number of aromatic nitrogens is 3. The molecule has 0 amide bonds. The summed E-state index contributed by atoms with van der Waals surface area (Å²) < 4.78 is 15.2. The summed E-state index contributed by atoms with van der Waals surface area (Å²) in [5.41, 5.74) is 1.25. The van der Waals surface area contributed by atoms with E-state index in [4.69, 9.17) is 0 Å². The zero-order valence-corrected chi connectivity index (χ0v) is 14.3. The van der Waals surface area contributed by atoms with Gasteiger partial charge < -0.3 is 4.57 Å². The summed E-state index contributed by atoms with van der Waals surface area (Å²) in [6.07, 6.45) is 5.99. The van der Waals surface area contributed by atoms with Gasteiger partial charge in [-0.25, -0.2) is 4.39 Å². The molecule has 1 aromatic carbocycles. The summed E-state index contributed by atoms with van der Waals surface area (Å²) in [7, 11) is 2.10. The fourth-order valence-electron chi connectivity index (χ4n) is 3.71. The maximum atomic E-state index is 13.0. The lowest BCUT2D eigenvalue weighted by Crippen LogP contribution is -2.34. The number of nitrogens with zero attached hydrogens (tertiary/aromatic N) is 4. The van der Waals surface area contributed by atoms with Crippen molar-refractivity contribution in [3.63, 3.8) is 0 Å². The number of benzene rings is 1. The van der Waals surface area contributed by atoms with Crippen LogP contribution in [0.1, 0.15) is 48.8 Å². The molecule has 4 nitrogen and oxygen atoms in total. The Morgan fingerprint density at radius 3 is 2.42 bits per heavy atom. The fraction of sp³-hybridized carbons (Fsp3) is 0.579. The third-order valence-corrected chi connectivity index (χ3v) is 5.45. The van der Waals surface area contributed by atoms with E-state index in [1.54, 1.807) is 12.1 Å². The van der Waals surface area contributed by atoms with Crippen LogP contribution >= 0.6 is 0 Å². The summed E-state index contributed by atoms with van der Waals surface area (Å²) in [6, 6.07) is 6.97. The van der Waals surface area contributed by atoms with E-state index in [1.807, 2.05) is 12.1 Å². The predicted molar refractivity (Wildman–Crippen MR) is 91.1 cm³/mol. The lowest BCUT2D eigenvalue weighted by molar-refractivity contribution is 0.172. The third-order valence-electron chi connectivity index (χ3n) is 5.45. The van der Waals surface area contributed by atoms with Crippen LogP contribution in [0.5, 0.6) is 0 Å². The van der Waals surface area contributed by atoms with E-state index in [-0.39, 0.29) is 5.82 Å². The first-order chi connectivity index (χ1) is 11.7. The number of likely N-dealkylation sites (tertiary alicyclic amines) is 1. The SMILES string of the molecule is Cn1c(CN2CCC(Cc3ccc(F)cc3)CC2)nnc1C1CC1. The second kappa shape index (κ2) is 6.63. The summed E-state index contributed by atoms with van der Waals surface area (Å²) in [5, 5.41) is 8.78. The van der Waals surface area contributed by atoms with Gasteiger partial charge in [-0.1, -0.05) is 12.1 Å². The maximum absolute atomic E-state index is 13.0. The largest absolute Gasteiger partial charge is 0.317 e. The van der Waals surface area contributed by atoms with Crippen LogP contribution in [0.15, 0.2) is 24.3 Å². The summed E-state index contributed by atoms with van der Waals surface area (Å²) in [6.45, 7) is 3.12. The highest BCUT2D eigenvalue weighted by Crippen LogP contribution is 2.38. The zero-order chi connectivity index (χ0) is 16.5. The van der Waals surface area contributed by atoms with Gasteiger partial charge in [0.05, 0.1) is 6.54 Å². The molecule has 0 bridgehead atoms. The van der Waals surface area contributed by atoms with Crippen molar-refractivity contribution in [2.75, 3.05) is 13.1 Å². The molecule has 4 rings (SSSR count). The van der Waals surface area contributed by atoms with Crippen molar-refractivity contribution in [2.24, 2.45) is 13.0 Å². The topological polar surface area (TPSA) is 34.0 Å². The van der Waals surface area contributed by atoms with Gasteiger partial charge in [0.25, 0.3) is 0 Å². The maximum Gasteiger partial charge on any atom is 0.146 e. The summed E-state index contributed by atoms with van der Waals surface area (Å²) >= 11 is 0.